The number of halogens is 2. The molecular formula is C22H22BrFN4O2. The maximum absolute atomic E-state index is 14.0. The van der Waals surface area contributed by atoms with E-state index in [-0.39, 0.29) is 17.5 Å². The molecule has 0 aliphatic carbocycles. The van der Waals surface area contributed by atoms with Crippen LogP contribution in [0.4, 0.5) is 10.1 Å². The Balaban J connectivity index is 1.30. The first-order valence-electron chi connectivity index (χ1n) is 9.86. The van der Waals surface area contributed by atoms with Gasteiger partial charge >= 0.3 is 0 Å². The lowest BCUT2D eigenvalue weighted by atomic mass is 9.96. The summed E-state index contributed by atoms with van der Waals surface area (Å²) in [4.78, 5) is 19.2. The second kappa shape index (κ2) is 9.06. The Hall–Kier alpha value is -2.58. The number of nitrogens with zero attached hydrogens (tertiary/aromatic N) is 3. The van der Waals surface area contributed by atoms with Crippen LogP contribution >= 0.6 is 15.9 Å². The molecule has 1 aliphatic heterocycles. The maximum atomic E-state index is 14.0. The Morgan fingerprint density at radius 3 is 2.80 bits per heavy atom. The monoisotopic (exact) mass is 472 g/mol. The highest BCUT2D eigenvalue weighted by Crippen LogP contribution is 2.24. The molecular weight excluding hydrogens is 451 g/mol. The molecule has 1 aliphatic rings. The minimum absolute atomic E-state index is 0.143. The van der Waals surface area contributed by atoms with Gasteiger partial charge in [-0.3, -0.25) is 9.69 Å². The number of piperidine rings is 1. The second-order valence-corrected chi connectivity index (χ2v) is 8.46. The highest BCUT2D eigenvalue weighted by Gasteiger charge is 2.26. The van der Waals surface area contributed by atoms with Gasteiger partial charge in [0.1, 0.15) is 5.82 Å². The maximum Gasteiger partial charge on any atom is 0.241 e. The fraction of sp³-hybridized carbons (Fsp3) is 0.318. The molecule has 30 heavy (non-hydrogen) atoms. The van der Waals surface area contributed by atoms with Gasteiger partial charge in [0, 0.05) is 16.0 Å². The molecule has 0 saturated carbocycles. The Morgan fingerprint density at radius 1 is 1.27 bits per heavy atom. The second-order valence-electron chi connectivity index (χ2n) is 7.55. The van der Waals surface area contributed by atoms with Gasteiger partial charge in [-0.1, -0.05) is 44.8 Å². The molecule has 1 saturated heterocycles. The van der Waals surface area contributed by atoms with Gasteiger partial charge in [-0.05, 0) is 57.1 Å². The van der Waals surface area contributed by atoms with E-state index < -0.39 is 5.82 Å². The van der Waals surface area contributed by atoms with Crippen LogP contribution < -0.4 is 5.32 Å². The molecule has 0 bridgehead atoms. The van der Waals surface area contributed by atoms with Gasteiger partial charge < -0.3 is 9.84 Å². The highest BCUT2D eigenvalue weighted by atomic mass is 79.9. The van der Waals surface area contributed by atoms with Gasteiger partial charge in [0.2, 0.25) is 17.6 Å². The van der Waals surface area contributed by atoms with Gasteiger partial charge in [0.25, 0.3) is 0 Å². The molecule has 0 radical (unpaired) electrons. The highest BCUT2D eigenvalue weighted by molar-refractivity contribution is 9.10. The van der Waals surface area contributed by atoms with Crippen LogP contribution in [0, 0.1) is 18.7 Å². The molecule has 2 heterocycles. The smallest absolute Gasteiger partial charge is 0.241 e. The normalized spacial score (nSPS) is 15.3. The van der Waals surface area contributed by atoms with Crippen molar-refractivity contribution in [3.63, 3.8) is 0 Å². The summed E-state index contributed by atoms with van der Waals surface area (Å²) in [6, 6.07) is 12.6. The number of hydrogen-bond acceptors (Lipinski definition) is 5. The predicted molar refractivity (Wildman–Crippen MR) is 115 cm³/mol. The molecule has 4 rings (SSSR count). The molecule has 2 aromatic carbocycles. The summed E-state index contributed by atoms with van der Waals surface area (Å²) in [6.07, 6.45) is 1.39. The van der Waals surface area contributed by atoms with E-state index >= 15 is 0 Å². The Bertz CT molecular complexity index is 1050. The molecule has 1 N–H and O–H groups in total. The van der Waals surface area contributed by atoms with Crippen LogP contribution in [0.2, 0.25) is 0 Å². The lowest BCUT2D eigenvalue weighted by Crippen LogP contribution is -2.37. The summed E-state index contributed by atoms with van der Waals surface area (Å²) in [7, 11) is 0. The number of aromatic nitrogens is 2. The third-order valence-electron chi connectivity index (χ3n) is 5.25. The SMILES string of the molecule is Cc1cccc(-c2noc(CN3CCC(C(=O)Nc4ccc(Br)cc4F)CC3)n2)c1. The number of hydrogen-bond donors (Lipinski definition) is 1. The fourth-order valence-electron chi connectivity index (χ4n) is 3.59. The van der Waals surface area contributed by atoms with Crippen molar-refractivity contribution in [3.05, 3.63) is 64.2 Å². The van der Waals surface area contributed by atoms with Crippen LogP contribution in [-0.2, 0) is 11.3 Å². The number of carbonyl (C=O) groups is 1. The topological polar surface area (TPSA) is 71.3 Å². The number of likely N-dealkylation sites (tertiary alicyclic amines) is 1. The van der Waals surface area contributed by atoms with Gasteiger partial charge in [-0.2, -0.15) is 4.98 Å². The van der Waals surface area contributed by atoms with Crippen LogP contribution in [0.15, 0.2) is 51.5 Å². The van der Waals surface area contributed by atoms with Crippen molar-refractivity contribution < 1.29 is 13.7 Å². The van der Waals surface area contributed by atoms with Crippen LogP contribution in [0.1, 0.15) is 24.3 Å². The fourth-order valence-corrected chi connectivity index (χ4v) is 3.92. The average molecular weight is 473 g/mol. The zero-order valence-electron chi connectivity index (χ0n) is 16.6. The van der Waals surface area contributed by atoms with Crippen molar-refractivity contribution in [2.75, 3.05) is 18.4 Å². The van der Waals surface area contributed by atoms with Crippen molar-refractivity contribution >= 4 is 27.5 Å². The molecule has 3 aromatic rings. The van der Waals surface area contributed by atoms with E-state index in [1.807, 2.05) is 31.2 Å². The largest absolute Gasteiger partial charge is 0.338 e. The standard InChI is InChI=1S/C22H22BrFN4O2/c1-14-3-2-4-16(11-14)21-26-20(30-27-21)13-28-9-7-15(8-10-28)22(29)25-19-6-5-17(23)12-18(19)24/h2-6,11-12,15H,7-10,13H2,1H3,(H,25,29). The number of anilines is 1. The first kappa shape index (κ1) is 20.7. The summed E-state index contributed by atoms with van der Waals surface area (Å²) in [5, 5.41) is 6.79. The average Bonchev–Trinajstić information content (AvgIpc) is 3.19. The van der Waals surface area contributed by atoms with E-state index in [2.05, 4.69) is 36.3 Å². The van der Waals surface area contributed by atoms with Crippen molar-refractivity contribution in [1.82, 2.24) is 15.0 Å². The Morgan fingerprint density at radius 2 is 2.07 bits per heavy atom. The van der Waals surface area contributed by atoms with Crippen LogP contribution in [0.5, 0.6) is 0 Å². The molecule has 0 atom stereocenters. The molecule has 1 amide bonds. The van der Waals surface area contributed by atoms with Crippen molar-refractivity contribution in [2.24, 2.45) is 5.92 Å². The molecule has 1 aromatic heterocycles. The van der Waals surface area contributed by atoms with E-state index in [0.29, 0.717) is 35.6 Å². The van der Waals surface area contributed by atoms with Gasteiger partial charge in [-0.15, -0.1) is 0 Å². The lowest BCUT2D eigenvalue weighted by molar-refractivity contribution is -0.121. The molecule has 0 spiro atoms. The summed E-state index contributed by atoms with van der Waals surface area (Å²) in [6.45, 7) is 4.05. The quantitative estimate of drug-likeness (QED) is 0.577. The Labute approximate surface area is 182 Å². The molecule has 6 nitrogen and oxygen atoms in total. The minimum atomic E-state index is -0.448. The van der Waals surface area contributed by atoms with Gasteiger partial charge in [-0.25, -0.2) is 4.39 Å². The van der Waals surface area contributed by atoms with Crippen LogP contribution in [0.25, 0.3) is 11.4 Å². The summed E-state index contributed by atoms with van der Waals surface area (Å²) in [5.41, 5.74) is 2.28. The van der Waals surface area contributed by atoms with E-state index in [9.17, 15) is 9.18 Å². The number of rotatable bonds is 5. The van der Waals surface area contributed by atoms with Crippen molar-refractivity contribution in [1.29, 1.82) is 0 Å². The van der Waals surface area contributed by atoms with E-state index in [1.54, 1.807) is 12.1 Å². The zero-order valence-corrected chi connectivity index (χ0v) is 18.2. The lowest BCUT2D eigenvalue weighted by Gasteiger charge is -2.30. The zero-order chi connectivity index (χ0) is 21.1. The van der Waals surface area contributed by atoms with E-state index in [1.165, 1.54) is 6.07 Å². The first-order valence-corrected chi connectivity index (χ1v) is 10.6. The van der Waals surface area contributed by atoms with Gasteiger partial charge in [0.05, 0.1) is 12.2 Å². The molecule has 8 heteroatoms. The third-order valence-corrected chi connectivity index (χ3v) is 5.74. The van der Waals surface area contributed by atoms with Crippen molar-refractivity contribution in [2.45, 2.75) is 26.3 Å². The number of carbonyl (C=O) groups excluding carboxylic acids is 1. The van der Waals surface area contributed by atoms with Crippen molar-refractivity contribution in [3.8, 4) is 11.4 Å². The summed E-state index contributed by atoms with van der Waals surface area (Å²) in [5.74, 6) is 0.409. The van der Waals surface area contributed by atoms with E-state index in [4.69, 9.17) is 4.52 Å². The van der Waals surface area contributed by atoms with Crippen LogP contribution in [0.3, 0.4) is 0 Å². The molecule has 1 fully saturated rings. The number of amides is 1. The minimum Gasteiger partial charge on any atom is -0.338 e. The van der Waals surface area contributed by atoms with Crippen LogP contribution in [-0.4, -0.2) is 34.0 Å². The number of benzene rings is 2. The van der Waals surface area contributed by atoms with E-state index in [0.717, 1.165) is 24.2 Å². The van der Waals surface area contributed by atoms with Gasteiger partial charge in [0.15, 0.2) is 0 Å². The summed E-state index contributed by atoms with van der Waals surface area (Å²) >= 11 is 3.22. The molecule has 156 valence electrons. The predicted octanol–water partition coefficient (Wildman–Crippen LogP) is 4.80. The number of aryl methyl sites for hydroxylation is 1. The third kappa shape index (κ3) is 4.94. The number of nitrogens with one attached hydrogen (secondary N) is 1. The summed E-state index contributed by atoms with van der Waals surface area (Å²) < 4.78 is 20.0. The first-order chi connectivity index (χ1) is 14.5. The Kier molecular flexibility index (Phi) is 6.24. The molecule has 0 unspecified atom stereocenters.